The first kappa shape index (κ1) is 22.5. The van der Waals surface area contributed by atoms with Crippen molar-refractivity contribution >= 4 is 22.8 Å². The Hall–Kier alpha value is -2.31. The van der Waals surface area contributed by atoms with Crippen molar-refractivity contribution in [3.63, 3.8) is 0 Å². The van der Waals surface area contributed by atoms with Crippen molar-refractivity contribution in [2.24, 2.45) is 17.8 Å². The second-order valence-corrected chi connectivity index (χ2v) is 10.9. The van der Waals surface area contributed by atoms with Gasteiger partial charge in [0.1, 0.15) is 12.4 Å². The van der Waals surface area contributed by atoms with Crippen LogP contribution in [-0.4, -0.2) is 36.5 Å². The molecule has 5 nitrogen and oxygen atoms in total. The molecule has 0 heterocycles. The zero-order valence-electron chi connectivity index (χ0n) is 18.9. The minimum absolute atomic E-state index is 0.0146. The molecule has 4 aliphatic rings. The maximum absolute atomic E-state index is 13.2. The van der Waals surface area contributed by atoms with E-state index in [1.165, 1.54) is 44.1 Å². The van der Waals surface area contributed by atoms with Crippen molar-refractivity contribution in [2.45, 2.75) is 48.8 Å². The highest BCUT2D eigenvalue weighted by Gasteiger charge is 2.52. The van der Waals surface area contributed by atoms with Gasteiger partial charge >= 0.3 is 5.97 Å². The maximum atomic E-state index is 13.2. The molecular weight excluding hydrogens is 436 g/mol. The summed E-state index contributed by atoms with van der Waals surface area (Å²) in [7, 11) is 1.72. The van der Waals surface area contributed by atoms with Crippen LogP contribution in [0.15, 0.2) is 47.4 Å². The van der Waals surface area contributed by atoms with Crippen LogP contribution in [0.2, 0.25) is 0 Å². The third-order valence-corrected chi connectivity index (χ3v) is 8.60. The minimum Gasteiger partial charge on any atom is -0.496 e. The second kappa shape index (κ2) is 9.15. The second-order valence-electron chi connectivity index (χ2n) is 9.89. The van der Waals surface area contributed by atoms with Crippen LogP contribution in [0.4, 0.5) is 0 Å². The molecule has 0 unspecified atom stereocenters. The topological polar surface area (TPSA) is 72.8 Å². The number of carbonyl (C=O) groups excluding carboxylic acids is 2. The molecule has 174 valence electrons. The van der Waals surface area contributed by atoms with Gasteiger partial charge in [-0.05, 0) is 116 Å². The summed E-state index contributed by atoms with van der Waals surface area (Å²) >= 11 is 1.16. The fourth-order valence-corrected chi connectivity index (χ4v) is 7.47. The van der Waals surface area contributed by atoms with Crippen LogP contribution in [0.3, 0.4) is 0 Å². The fraction of sp³-hybridized carbons (Fsp3) is 0.481. The molecule has 0 saturated heterocycles. The predicted octanol–water partition coefficient (Wildman–Crippen LogP) is 5.24. The van der Waals surface area contributed by atoms with Crippen molar-refractivity contribution in [1.82, 2.24) is 0 Å². The normalized spacial score (nSPS) is 27.4. The van der Waals surface area contributed by atoms with Gasteiger partial charge in [-0.3, -0.25) is 4.79 Å². The summed E-state index contributed by atoms with van der Waals surface area (Å²) in [5, 5.41) is 8.77. The zero-order chi connectivity index (χ0) is 23.0. The third kappa shape index (κ3) is 4.43. The Bertz CT molecular complexity index is 1010. The van der Waals surface area contributed by atoms with E-state index in [1.807, 2.05) is 12.1 Å². The number of benzene rings is 2. The summed E-state index contributed by atoms with van der Waals surface area (Å²) in [5.74, 6) is 2.87. The van der Waals surface area contributed by atoms with Crippen molar-refractivity contribution < 1.29 is 24.2 Å². The Morgan fingerprint density at radius 1 is 0.970 bits per heavy atom. The number of methoxy groups -OCH3 is 1. The van der Waals surface area contributed by atoms with E-state index in [4.69, 9.17) is 14.6 Å². The van der Waals surface area contributed by atoms with Crippen LogP contribution in [0.25, 0.3) is 0 Å². The lowest BCUT2D eigenvalue weighted by atomic mass is 9.48. The Morgan fingerprint density at radius 2 is 1.58 bits per heavy atom. The van der Waals surface area contributed by atoms with Gasteiger partial charge in [-0.2, -0.15) is 0 Å². The minimum atomic E-state index is -0.484. The maximum Gasteiger partial charge on any atom is 0.338 e. The molecule has 4 aliphatic carbocycles. The standard InChI is InChI=1S/C27H30O5S/c1-31-24-7-4-21(13-23(24)27-14-17-10-18(15-27)12-19(11-17)16-27)26(30)33-22-5-2-20(3-6-22)25(29)32-9-8-28/h2-7,13,17-19,28H,8-12,14-16H2,1H3. The van der Waals surface area contributed by atoms with Crippen LogP contribution in [0.5, 0.6) is 5.75 Å². The van der Waals surface area contributed by atoms with Crippen LogP contribution in [0, 0.1) is 17.8 Å². The van der Waals surface area contributed by atoms with Gasteiger partial charge in [0.05, 0.1) is 19.3 Å². The molecule has 4 fully saturated rings. The van der Waals surface area contributed by atoms with E-state index in [1.54, 1.807) is 31.4 Å². The number of carbonyl (C=O) groups is 2. The summed E-state index contributed by atoms with van der Waals surface area (Å²) in [4.78, 5) is 25.8. The number of aliphatic hydroxyl groups excluding tert-OH is 1. The van der Waals surface area contributed by atoms with Crippen LogP contribution in [-0.2, 0) is 10.2 Å². The van der Waals surface area contributed by atoms with E-state index < -0.39 is 5.97 Å². The van der Waals surface area contributed by atoms with E-state index >= 15 is 0 Å². The molecule has 0 spiro atoms. The first-order chi connectivity index (χ1) is 16.0. The summed E-state index contributed by atoms with van der Waals surface area (Å²) in [6.07, 6.45) is 7.77. The number of aliphatic hydroxyl groups is 1. The van der Waals surface area contributed by atoms with Gasteiger partial charge in [0.15, 0.2) is 0 Å². The van der Waals surface area contributed by atoms with Crippen molar-refractivity contribution in [3.8, 4) is 5.75 Å². The monoisotopic (exact) mass is 466 g/mol. The van der Waals surface area contributed by atoms with Gasteiger partial charge in [0.25, 0.3) is 0 Å². The number of ether oxygens (including phenoxy) is 2. The molecule has 4 bridgehead atoms. The van der Waals surface area contributed by atoms with Gasteiger partial charge in [0, 0.05) is 16.0 Å². The number of hydrogen-bond acceptors (Lipinski definition) is 6. The highest BCUT2D eigenvalue weighted by molar-refractivity contribution is 8.14. The highest BCUT2D eigenvalue weighted by Crippen LogP contribution is 2.62. The molecular formula is C27H30O5S. The third-order valence-electron chi connectivity index (χ3n) is 7.67. The molecule has 33 heavy (non-hydrogen) atoms. The molecule has 2 aromatic carbocycles. The lowest BCUT2D eigenvalue weighted by molar-refractivity contribution is -0.00617. The molecule has 0 radical (unpaired) electrons. The fourth-order valence-electron chi connectivity index (χ4n) is 6.74. The van der Waals surface area contributed by atoms with Gasteiger partial charge in [0.2, 0.25) is 5.12 Å². The predicted molar refractivity (Wildman–Crippen MR) is 127 cm³/mol. The smallest absolute Gasteiger partial charge is 0.338 e. The van der Waals surface area contributed by atoms with E-state index in [-0.39, 0.29) is 23.7 Å². The molecule has 0 aliphatic heterocycles. The van der Waals surface area contributed by atoms with E-state index in [0.717, 1.165) is 40.2 Å². The molecule has 1 N–H and O–H groups in total. The van der Waals surface area contributed by atoms with Crippen molar-refractivity contribution in [2.75, 3.05) is 20.3 Å². The Balaban J connectivity index is 1.35. The summed E-state index contributed by atoms with van der Waals surface area (Å²) in [6, 6.07) is 12.7. The summed E-state index contributed by atoms with van der Waals surface area (Å²) in [5.41, 5.74) is 2.46. The molecule has 4 saturated carbocycles. The van der Waals surface area contributed by atoms with Crippen molar-refractivity contribution in [3.05, 3.63) is 59.2 Å². The Morgan fingerprint density at radius 3 is 2.15 bits per heavy atom. The average molecular weight is 467 g/mol. The van der Waals surface area contributed by atoms with Gasteiger partial charge < -0.3 is 14.6 Å². The summed E-state index contributed by atoms with van der Waals surface area (Å²) in [6.45, 7) is -0.237. The van der Waals surface area contributed by atoms with Crippen LogP contribution < -0.4 is 4.74 Å². The van der Waals surface area contributed by atoms with Gasteiger partial charge in [-0.15, -0.1) is 0 Å². The molecule has 2 aromatic rings. The first-order valence-corrected chi connectivity index (χ1v) is 12.6. The number of hydrogen-bond donors (Lipinski definition) is 1. The number of rotatable bonds is 7. The quantitative estimate of drug-likeness (QED) is 0.444. The number of esters is 1. The lowest BCUT2D eigenvalue weighted by Gasteiger charge is -2.57. The molecule has 0 atom stereocenters. The Kier molecular flexibility index (Phi) is 6.23. The van der Waals surface area contributed by atoms with E-state index in [0.29, 0.717) is 11.1 Å². The van der Waals surface area contributed by atoms with Gasteiger partial charge in [-0.1, -0.05) is 0 Å². The first-order valence-electron chi connectivity index (χ1n) is 11.8. The summed E-state index contributed by atoms with van der Waals surface area (Å²) < 4.78 is 10.7. The average Bonchev–Trinajstić information content (AvgIpc) is 2.81. The SMILES string of the molecule is COc1ccc(C(=O)Sc2ccc(C(=O)OCCO)cc2)cc1C12CC3CC(CC(C3)C1)C2. The van der Waals surface area contributed by atoms with Crippen LogP contribution >= 0.6 is 11.8 Å². The lowest BCUT2D eigenvalue weighted by Crippen LogP contribution is -2.48. The molecule has 0 amide bonds. The van der Waals surface area contributed by atoms with E-state index in [9.17, 15) is 9.59 Å². The zero-order valence-corrected chi connectivity index (χ0v) is 19.7. The van der Waals surface area contributed by atoms with Crippen molar-refractivity contribution in [1.29, 1.82) is 0 Å². The Labute approximate surface area is 198 Å². The van der Waals surface area contributed by atoms with E-state index in [2.05, 4.69) is 6.07 Å². The van der Waals surface area contributed by atoms with Gasteiger partial charge in [-0.25, -0.2) is 4.79 Å². The molecule has 6 heteroatoms. The largest absolute Gasteiger partial charge is 0.496 e. The van der Waals surface area contributed by atoms with Crippen LogP contribution in [0.1, 0.15) is 64.8 Å². The molecule has 0 aromatic heterocycles. The number of thioether (sulfide) groups is 1. The molecule has 6 rings (SSSR count). The highest BCUT2D eigenvalue weighted by atomic mass is 32.2.